The zero-order valence-corrected chi connectivity index (χ0v) is 52.1. The number of carboxylic acid groups (broad SMARTS) is 1. The van der Waals surface area contributed by atoms with Crippen LogP contribution >= 0.6 is 34.7 Å². The zero-order chi connectivity index (χ0) is 59.7. The highest BCUT2D eigenvalue weighted by Crippen LogP contribution is 2.76. The molecule has 3 aliphatic heterocycles. The number of fused-ring (bicyclic) bond motifs is 9. The Morgan fingerprint density at radius 1 is 0.929 bits per heavy atom. The van der Waals surface area contributed by atoms with Crippen LogP contribution in [0.25, 0.3) is 10.9 Å². The zero-order valence-electron chi connectivity index (χ0n) is 49.7. The van der Waals surface area contributed by atoms with Gasteiger partial charge in [-0.25, -0.2) is 14.0 Å². The van der Waals surface area contributed by atoms with E-state index in [2.05, 4.69) is 65.2 Å². The summed E-state index contributed by atoms with van der Waals surface area (Å²) >= 11 is 10.1. The van der Waals surface area contributed by atoms with E-state index < -0.39 is 69.0 Å². The van der Waals surface area contributed by atoms with E-state index in [1.807, 2.05) is 22.4 Å². The van der Waals surface area contributed by atoms with E-state index in [0.717, 1.165) is 94.4 Å². The largest absolute Gasteiger partial charge is 0.477 e. The van der Waals surface area contributed by atoms with Gasteiger partial charge in [0.1, 0.15) is 41.2 Å². The first kappa shape index (κ1) is 59.1. The summed E-state index contributed by atoms with van der Waals surface area (Å²) in [6, 6.07) is 3.79. The minimum absolute atomic E-state index is 0.0348. The van der Waals surface area contributed by atoms with Crippen molar-refractivity contribution in [3.8, 4) is 0 Å². The van der Waals surface area contributed by atoms with Crippen LogP contribution in [-0.4, -0.2) is 99.2 Å². The molecule has 3 aromatic rings. The number of anilines is 1. The van der Waals surface area contributed by atoms with Crippen molar-refractivity contribution >= 4 is 86.9 Å². The number of benzene rings is 1. The van der Waals surface area contributed by atoms with Crippen molar-refractivity contribution < 1.29 is 47.7 Å². The molecule has 13 atom stereocenters. The molecule has 6 aliphatic carbocycles. The van der Waals surface area contributed by atoms with E-state index in [1.54, 1.807) is 4.57 Å². The van der Waals surface area contributed by atoms with Gasteiger partial charge in [-0.15, -0.1) is 23.1 Å². The van der Waals surface area contributed by atoms with Crippen molar-refractivity contribution in [1.29, 1.82) is 0 Å². The molecule has 3 amide bonds. The number of thioether (sulfide) groups is 1. The van der Waals surface area contributed by atoms with Gasteiger partial charge in [-0.1, -0.05) is 77.8 Å². The summed E-state index contributed by atoms with van der Waals surface area (Å²) in [7, 11) is 0. The van der Waals surface area contributed by atoms with Gasteiger partial charge in [0, 0.05) is 59.9 Å². The van der Waals surface area contributed by atoms with Gasteiger partial charge in [-0.05, 0) is 153 Å². The number of β-lactam (4-membered cyclic amide) rings is 1. The Hall–Kier alpha value is -5.20. The molecule has 1 unspecified atom stereocenters. The van der Waals surface area contributed by atoms with Crippen LogP contribution in [-0.2, 0) is 39.9 Å². The smallest absolute Gasteiger partial charge is 0.355 e. The van der Waals surface area contributed by atoms with Crippen LogP contribution in [0.4, 0.5) is 10.1 Å². The number of amides is 3. The fraction of sp³-hybridized carbons (Fsp3) is 0.646. The van der Waals surface area contributed by atoms with E-state index in [0.29, 0.717) is 48.2 Å². The second kappa shape index (κ2) is 21.6. The summed E-state index contributed by atoms with van der Waals surface area (Å²) in [6.45, 7) is 18.7. The molecule has 0 radical (unpaired) electrons. The first-order valence-electron chi connectivity index (χ1n) is 30.7. The number of nitrogens with one attached hydrogen (secondary N) is 2. The van der Waals surface area contributed by atoms with Gasteiger partial charge < -0.3 is 34.7 Å². The highest BCUT2D eigenvalue weighted by atomic mass is 35.5. The number of thiophene rings is 1. The average molecular weight is 1210 g/mol. The lowest BCUT2D eigenvalue weighted by Crippen LogP contribution is -2.71. The number of carbonyl (C=O) groups is 6. The minimum Gasteiger partial charge on any atom is -0.477 e. The predicted molar refractivity (Wildman–Crippen MR) is 322 cm³/mol. The topological polar surface area (TPSA) is 194 Å². The van der Waals surface area contributed by atoms with E-state index in [1.165, 1.54) is 46.7 Å². The van der Waals surface area contributed by atoms with Crippen molar-refractivity contribution in [3.63, 3.8) is 0 Å². The lowest BCUT2D eigenvalue weighted by atomic mass is 9.33. The van der Waals surface area contributed by atoms with Gasteiger partial charge in [-0.2, -0.15) is 0 Å². The number of nitrogens with zero attached hydrogens (tertiary/aromatic N) is 3. The van der Waals surface area contributed by atoms with Gasteiger partial charge in [0.2, 0.25) is 17.2 Å². The van der Waals surface area contributed by atoms with Crippen LogP contribution in [0, 0.1) is 62.5 Å². The normalized spacial score (nSPS) is 35.2. The quantitative estimate of drug-likeness (QED) is 0.0884. The lowest BCUT2D eigenvalue weighted by molar-refractivity contribution is -0.213. The third kappa shape index (κ3) is 9.39. The molecule has 7 fully saturated rings. The summed E-state index contributed by atoms with van der Waals surface area (Å²) in [5.74, 6) is -2.17. The van der Waals surface area contributed by atoms with Crippen LogP contribution in [0.1, 0.15) is 167 Å². The van der Waals surface area contributed by atoms with Crippen molar-refractivity contribution in [2.75, 3.05) is 30.3 Å². The molecule has 84 heavy (non-hydrogen) atoms. The fourth-order valence-electron chi connectivity index (χ4n) is 18.3. The maximum absolute atomic E-state index is 16.6. The Morgan fingerprint density at radius 3 is 2.42 bits per heavy atom. The summed E-state index contributed by atoms with van der Waals surface area (Å²) in [5, 5.41) is 17.8. The number of aromatic carboxylic acids is 1. The lowest BCUT2D eigenvalue weighted by Gasteiger charge is -2.71. The van der Waals surface area contributed by atoms with E-state index >= 15 is 9.18 Å². The molecule has 2 saturated heterocycles. The molecule has 3 N–H and O–H groups in total. The Bertz CT molecular complexity index is 3380. The number of aromatic nitrogens is 1. The van der Waals surface area contributed by atoms with Crippen LogP contribution in [0.5, 0.6) is 0 Å². The molecule has 9 aliphatic rings. The predicted octanol–water partition coefficient (Wildman–Crippen LogP) is 11.4. The molecule has 1 aromatic carbocycles. The van der Waals surface area contributed by atoms with Crippen molar-refractivity contribution in [2.45, 2.75) is 181 Å². The average Bonchev–Trinajstić information content (AvgIpc) is 0.795. The van der Waals surface area contributed by atoms with Gasteiger partial charge >= 0.3 is 17.9 Å². The number of esters is 2. The van der Waals surface area contributed by atoms with Gasteiger partial charge in [-0.3, -0.25) is 28.9 Å². The number of ether oxygens (including phenoxy) is 2. The number of rotatable bonds is 12. The number of hydrogen-bond donors (Lipinski definition) is 3. The van der Waals surface area contributed by atoms with Crippen LogP contribution in [0.15, 0.2) is 57.5 Å². The monoisotopic (exact) mass is 1210 g/mol. The third-order valence-electron chi connectivity index (χ3n) is 23.2. The molecule has 15 nitrogen and oxygen atoms in total. The Labute approximate surface area is 504 Å². The highest BCUT2D eigenvalue weighted by molar-refractivity contribution is 8.00. The number of carbonyl (C=O) groups excluding carboxylic acids is 5. The molecule has 5 saturated carbocycles. The van der Waals surface area contributed by atoms with Crippen LogP contribution in [0.2, 0.25) is 5.02 Å². The Kier molecular flexibility index (Phi) is 15.2. The Morgan fingerprint density at radius 2 is 1.70 bits per heavy atom. The molecular weight excluding hydrogens is 1130 g/mol. The van der Waals surface area contributed by atoms with Crippen LogP contribution < -0.4 is 21.0 Å². The van der Waals surface area contributed by atoms with Crippen molar-refractivity contribution in [2.24, 2.45) is 56.7 Å². The molecule has 12 rings (SSSR count). The SMILES string of the molecule is CC(=O)OCC1=C(C(=O)O[C@H]2CC[C@@]3(C)C(CC[C@]4(C)[C@@H]3CC=C3[C@@H]5[C@@H](C)[C@H](C)CC[C@]5(C(=O)N[C@H]5CCCCN(c6c(F)cc7c(=O)c(C(=O)O)cn(C8CC8)c7c6Cl)C5)CC[C@]34C)C2(C)C)N2C(=O)[C@@H](NC(=O)Cc3cccs3)[C@H]2SC1. The summed E-state index contributed by atoms with van der Waals surface area (Å²) in [4.78, 5) is 99.4. The van der Waals surface area contributed by atoms with E-state index in [4.69, 9.17) is 21.1 Å². The number of hydrogen-bond acceptors (Lipinski definition) is 12. The van der Waals surface area contributed by atoms with Gasteiger partial charge in [0.05, 0.1) is 33.4 Å². The summed E-state index contributed by atoms with van der Waals surface area (Å²) in [6.07, 6.45) is 15.2. The van der Waals surface area contributed by atoms with E-state index in [9.17, 15) is 33.9 Å². The molecular formula is C65H81ClFN5O10S2. The second-order valence-electron chi connectivity index (χ2n) is 27.8. The number of allylic oxidation sites excluding steroid dienone is 2. The molecule has 2 aromatic heterocycles. The number of pyridine rings is 1. The summed E-state index contributed by atoms with van der Waals surface area (Å²) in [5.41, 5.74) is -0.0322. The van der Waals surface area contributed by atoms with Gasteiger partial charge in [0.25, 0.3) is 5.91 Å². The molecule has 19 heteroatoms. The molecule has 0 spiro atoms. The maximum Gasteiger partial charge on any atom is 0.355 e. The summed E-state index contributed by atoms with van der Waals surface area (Å²) < 4.78 is 30.4. The first-order valence-corrected chi connectivity index (χ1v) is 33.0. The second-order valence-corrected chi connectivity index (χ2v) is 30.4. The third-order valence-corrected chi connectivity index (χ3v) is 25.8. The number of halogens is 2. The van der Waals surface area contributed by atoms with Crippen molar-refractivity contribution in [3.05, 3.63) is 84.2 Å². The maximum atomic E-state index is 16.6. The van der Waals surface area contributed by atoms with E-state index in [-0.39, 0.29) is 92.7 Å². The highest BCUT2D eigenvalue weighted by Gasteiger charge is 2.70. The fourth-order valence-corrected chi connectivity index (χ4v) is 20.8. The molecule has 0 bridgehead atoms. The standard InChI is InChI=1S/C65H81ClFN5O10S2/c1-34-18-23-65(60(80)68-38-12-9-10-26-70(30-38)54-44(67)29-41-53(50(54)66)71(39-14-15-39)31-42(55(41)75)58(77)78)25-24-63(7)43(49(65)35(34)2)16-17-46-62(6)21-20-47(61(4,5)45(62)19-22-64(46,63)8)82-59(79)52-37(32-81-36(3)73)33-84-57-51(56(76)72(52)57)69-48(74)28-40-13-11-27-83-40/h11,13,16,27,29,31,34-35,38-39,45-47,49,51,57H,9-10,12,14-15,17-26,28,30,32-33H2,1-8H3,(H,68,80)(H,69,74)(H,77,78)/t34-,35+,38+,45?,46-,47+,49+,51-,57-,62+,63-,64-,65+/m1/s1. The first-order chi connectivity index (χ1) is 39.8. The molecule has 452 valence electrons. The molecule has 5 heterocycles. The minimum atomic E-state index is -1.37. The van der Waals surface area contributed by atoms with Crippen LogP contribution in [0.3, 0.4) is 0 Å². The Balaban J connectivity index is 0.777. The number of carboxylic acids is 1. The van der Waals surface area contributed by atoms with Gasteiger partial charge in [0.15, 0.2) is 0 Å². The van der Waals surface area contributed by atoms with Crippen molar-refractivity contribution in [1.82, 2.24) is 20.1 Å².